The number of carbonyl (C=O) groups is 2. The summed E-state index contributed by atoms with van der Waals surface area (Å²) in [5.74, 6) is 0.598. The summed E-state index contributed by atoms with van der Waals surface area (Å²) in [6, 6.07) is 17.9. The Morgan fingerprint density at radius 1 is 1.14 bits per heavy atom. The van der Waals surface area contributed by atoms with Crippen LogP contribution in [-0.2, 0) is 16.0 Å². The normalized spacial score (nSPS) is 21.5. The van der Waals surface area contributed by atoms with Crippen molar-refractivity contribution >= 4 is 23.6 Å². The van der Waals surface area contributed by atoms with Gasteiger partial charge in [0.25, 0.3) is 5.91 Å². The maximum Gasteiger partial charge on any atom is 0.251 e. The van der Waals surface area contributed by atoms with Crippen LogP contribution in [0, 0.1) is 0 Å². The van der Waals surface area contributed by atoms with Crippen molar-refractivity contribution in [2.24, 2.45) is 0 Å². The van der Waals surface area contributed by atoms with Gasteiger partial charge in [0, 0.05) is 25.3 Å². The molecule has 0 saturated carbocycles. The van der Waals surface area contributed by atoms with Gasteiger partial charge in [-0.25, -0.2) is 0 Å². The van der Waals surface area contributed by atoms with E-state index in [0.29, 0.717) is 24.4 Å². The van der Waals surface area contributed by atoms with Gasteiger partial charge in [-0.2, -0.15) is 0 Å². The minimum atomic E-state index is -0.0804. The lowest BCUT2D eigenvalue weighted by atomic mass is 10.1. The van der Waals surface area contributed by atoms with Crippen LogP contribution >= 0.6 is 11.8 Å². The molecule has 0 bridgehead atoms. The fourth-order valence-electron chi connectivity index (χ4n) is 3.78. The molecule has 2 aliphatic rings. The van der Waals surface area contributed by atoms with Crippen LogP contribution in [0.25, 0.3) is 0 Å². The summed E-state index contributed by atoms with van der Waals surface area (Å²) >= 11 is 1.65. The summed E-state index contributed by atoms with van der Waals surface area (Å²) in [7, 11) is 0. The molecule has 2 fully saturated rings. The monoisotopic (exact) mass is 410 g/mol. The lowest BCUT2D eigenvalue weighted by Crippen LogP contribution is -2.32. The van der Waals surface area contributed by atoms with Crippen molar-refractivity contribution in [1.82, 2.24) is 10.2 Å². The Balaban J connectivity index is 1.36. The number of hydrogen-bond donors (Lipinski definition) is 1. The number of carbonyl (C=O) groups excluding carboxylic acids is 2. The van der Waals surface area contributed by atoms with E-state index < -0.39 is 0 Å². The molecule has 1 N–H and O–H groups in total. The van der Waals surface area contributed by atoms with Crippen LogP contribution in [0.4, 0.5) is 0 Å². The first kappa shape index (κ1) is 20.0. The van der Waals surface area contributed by atoms with E-state index in [2.05, 4.69) is 17.4 Å². The zero-order valence-electron chi connectivity index (χ0n) is 16.4. The molecule has 0 aromatic heterocycles. The van der Waals surface area contributed by atoms with Crippen molar-refractivity contribution in [2.75, 3.05) is 25.4 Å². The molecule has 2 amide bonds. The third-order valence-electron chi connectivity index (χ3n) is 5.42. The smallest absolute Gasteiger partial charge is 0.251 e. The Morgan fingerprint density at radius 3 is 2.66 bits per heavy atom. The lowest BCUT2D eigenvalue weighted by molar-refractivity contribution is -0.128. The Morgan fingerprint density at radius 2 is 1.93 bits per heavy atom. The molecule has 4 rings (SSSR count). The summed E-state index contributed by atoms with van der Waals surface area (Å²) < 4.78 is 5.55. The fourth-order valence-corrected chi connectivity index (χ4v) is 5.00. The van der Waals surface area contributed by atoms with Crippen LogP contribution in [-0.4, -0.2) is 48.3 Å². The first-order valence-electron chi connectivity index (χ1n) is 10.2. The highest BCUT2D eigenvalue weighted by atomic mass is 32.2. The van der Waals surface area contributed by atoms with Crippen molar-refractivity contribution in [1.29, 1.82) is 0 Å². The lowest BCUT2D eigenvalue weighted by Gasteiger charge is -2.24. The minimum Gasteiger partial charge on any atom is -0.376 e. The third-order valence-corrected chi connectivity index (χ3v) is 6.68. The first-order valence-corrected chi connectivity index (χ1v) is 11.2. The Kier molecular flexibility index (Phi) is 6.52. The van der Waals surface area contributed by atoms with Gasteiger partial charge in [0.05, 0.1) is 11.9 Å². The van der Waals surface area contributed by atoms with Crippen LogP contribution in [0.5, 0.6) is 0 Å². The molecule has 29 heavy (non-hydrogen) atoms. The third kappa shape index (κ3) is 5.00. The van der Waals surface area contributed by atoms with Gasteiger partial charge in [0.15, 0.2) is 0 Å². The highest BCUT2D eigenvalue weighted by Crippen LogP contribution is 2.38. The van der Waals surface area contributed by atoms with Crippen molar-refractivity contribution in [2.45, 2.75) is 30.7 Å². The Bertz CT molecular complexity index is 835. The first-order chi connectivity index (χ1) is 14.2. The fraction of sp³-hybridized carbons (Fsp3) is 0.391. The molecule has 2 aromatic carbocycles. The van der Waals surface area contributed by atoms with Crippen LogP contribution in [0.1, 0.15) is 39.7 Å². The Hall–Kier alpha value is -2.31. The van der Waals surface area contributed by atoms with Crippen LogP contribution in [0.3, 0.4) is 0 Å². The van der Waals surface area contributed by atoms with E-state index in [9.17, 15) is 9.59 Å². The van der Waals surface area contributed by atoms with E-state index in [1.807, 2.05) is 47.4 Å². The number of rotatable bonds is 7. The van der Waals surface area contributed by atoms with Gasteiger partial charge in [0.1, 0.15) is 5.37 Å². The zero-order valence-corrected chi connectivity index (χ0v) is 17.2. The largest absolute Gasteiger partial charge is 0.376 e. The number of benzene rings is 2. The summed E-state index contributed by atoms with van der Waals surface area (Å²) in [5.41, 5.74) is 2.93. The maximum atomic E-state index is 12.4. The van der Waals surface area contributed by atoms with Crippen molar-refractivity contribution in [3.05, 3.63) is 71.3 Å². The predicted molar refractivity (Wildman–Crippen MR) is 115 cm³/mol. The number of hydrogen-bond acceptors (Lipinski definition) is 4. The van der Waals surface area contributed by atoms with Crippen LogP contribution < -0.4 is 5.32 Å². The standard InChI is InChI=1S/C23H26N2O3S/c26-21-16-29-23(25(21)13-12-17-5-2-1-3-6-17)19-10-8-18(9-11-19)22(27)24-15-20-7-4-14-28-20/h1-3,5-6,8-11,20,23H,4,7,12-16H2,(H,24,27)/t20-,23+/m1/s1. The molecule has 2 heterocycles. The van der Waals surface area contributed by atoms with Crippen molar-refractivity contribution in [3.8, 4) is 0 Å². The molecule has 0 unspecified atom stereocenters. The molecular weight excluding hydrogens is 384 g/mol. The van der Waals surface area contributed by atoms with E-state index in [0.717, 1.165) is 31.4 Å². The van der Waals surface area contributed by atoms with Crippen molar-refractivity contribution < 1.29 is 14.3 Å². The summed E-state index contributed by atoms with van der Waals surface area (Å²) in [6.07, 6.45) is 3.05. The highest BCUT2D eigenvalue weighted by molar-refractivity contribution is 8.00. The predicted octanol–water partition coefficient (Wildman–Crippen LogP) is 3.41. The number of thioether (sulfide) groups is 1. The second-order valence-corrected chi connectivity index (χ2v) is 8.52. The second kappa shape index (κ2) is 9.46. The Labute approximate surface area is 175 Å². The van der Waals surface area contributed by atoms with Gasteiger partial charge in [-0.1, -0.05) is 42.5 Å². The molecular formula is C23H26N2O3S. The van der Waals surface area contributed by atoms with Crippen molar-refractivity contribution in [3.63, 3.8) is 0 Å². The molecule has 2 aromatic rings. The van der Waals surface area contributed by atoms with E-state index in [1.165, 1.54) is 5.56 Å². The van der Waals surface area contributed by atoms with Gasteiger partial charge in [-0.15, -0.1) is 11.8 Å². The van der Waals surface area contributed by atoms with Gasteiger partial charge in [0.2, 0.25) is 5.91 Å². The summed E-state index contributed by atoms with van der Waals surface area (Å²) in [4.78, 5) is 26.7. The SMILES string of the molecule is O=C(NC[C@H]1CCCO1)c1ccc([C@@H]2SCC(=O)N2CCc2ccccc2)cc1. The zero-order chi connectivity index (χ0) is 20.1. The average Bonchev–Trinajstić information content (AvgIpc) is 3.41. The molecule has 6 heteroatoms. The molecule has 0 spiro atoms. The number of ether oxygens (including phenoxy) is 1. The molecule has 2 saturated heterocycles. The highest BCUT2D eigenvalue weighted by Gasteiger charge is 2.32. The average molecular weight is 411 g/mol. The van der Waals surface area contributed by atoms with Crippen LogP contribution in [0.15, 0.2) is 54.6 Å². The van der Waals surface area contributed by atoms with E-state index in [4.69, 9.17) is 4.74 Å². The maximum absolute atomic E-state index is 12.4. The van der Waals surface area contributed by atoms with Gasteiger partial charge in [-0.05, 0) is 42.5 Å². The van der Waals surface area contributed by atoms with E-state index in [-0.39, 0.29) is 23.3 Å². The molecule has 0 radical (unpaired) electrons. The van der Waals surface area contributed by atoms with E-state index in [1.54, 1.807) is 11.8 Å². The molecule has 152 valence electrons. The summed E-state index contributed by atoms with van der Waals surface area (Å²) in [6.45, 7) is 2.04. The molecule has 5 nitrogen and oxygen atoms in total. The molecule has 2 atom stereocenters. The minimum absolute atomic E-state index is 0.00946. The van der Waals surface area contributed by atoms with Gasteiger partial charge >= 0.3 is 0 Å². The van der Waals surface area contributed by atoms with E-state index >= 15 is 0 Å². The quantitative estimate of drug-likeness (QED) is 0.760. The van der Waals surface area contributed by atoms with Gasteiger partial charge in [-0.3, -0.25) is 9.59 Å². The number of nitrogens with zero attached hydrogens (tertiary/aromatic N) is 1. The molecule has 0 aliphatic carbocycles. The molecule has 2 aliphatic heterocycles. The number of nitrogens with one attached hydrogen (secondary N) is 1. The van der Waals surface area contributed by atoms with Gasteiger partial charge < -0.3 is 15.0 Å². The number of amides is 2. The summed E-state index contributed by atoms with van der Waals surface area (Å²) in [5, 5.41) is 2.96. The second-order valence-electron chi connectivity index (χ2n) is 7.45. The topological polar surface area (TPSA) is 58.6 Å². The van der Waals surface area contributed by atoms with Crippen LogP contribution in [0.2, 0.25) is 0 Å².